The number of aliphatic hydroxyl groups is 1. The lowest BCUT2D eigenvalue weighted by Gasteiger charge is -2.28. The highest BCUT2D eigenvalue weighted by atomic mass is 16.3. The number of nitrogens with zero attached hydrogens (tertiary/aromatic N) is 1. The van der Waals surface area contributed by atoms with Crippen molar-refractivity contribution in [2.45, 2.75) is 56.8 Å². The van der Waals surface area contributed by atoms with E-state index in [1.165, 1.54) is 5.56 Å². The fraction of sp³-hybridized carbons (Fsp3) is 0.600. The van der Waals surface area contributed by atoms with E-state index in [0.717, 1.165) is 38.6 Å². The lowest BCUT2D eigenvalue weighted by atomic mass is 9.91. The van der Waals surface area contributed by atoms with Crippen LogP contribution in [0, 0.1) is 5.53 Å². The molecule has 0 aromatic heterocycles. The van der Waals surface area contributed by atoms with Crippen molar-refractivity contribution >= 4 is 0 Å². The second-order valence-electron chi connectivity index (χ2n) is 5.33. The minimum Gasteiger partial charge on any atom is -0.393 e. The van der Waals surface area contributed by atoms with Gasteiger partial charge in [0.05, 0.1) is 12.1 Å². The molecule has 1 saturated carbocycles. The minimum atomic E-state index is -0.187. The molecule has 0 spiro atoms. The molecule has 0 aliphatic heterocycles. The Bertz CT molecular complexity index is 382. The van der Waals surface area contributed by atoms with E-state index in [9.17, 15) is 5.11 Å². The van der Waals surface area contributed by atoms with E-state index in [2.05, 4.69) is 22.6 Å². The lowest BCUT2D eigenvalue weighted by molar-refractivity contribution is 0.130. The first-order valence-electron chi connectivity index (χ1n) is 7.11. The monoisotopic (exact) mass is 261 g/mol. The zero-order valence-electron chi connectivity index (χ0n) is 11.3. The maximum atomic E-state index is 9.77. The van der Waals surface area contributed by atoms with E-state index in [-0.39, 0.29) is 18.2 Å². The summed E-state index contributed by atoms with van der Waals surface area (Å²) in [5, 5.41) is 17.0. The predicted octanol–water partition coefficient (Wildman–Crippen LogP) is 2.87. The molecule has 0 amide bonds. The van der Waals surface area contributed by atoms with Gasteiger partial charge < -0.3 is 10.4 Å². The van der Waals surface area contributed by atoms with Gasteiger partial charge in [-0.1, -0.05) is 30.3 Å². The van der Waals surface area contributed by atoms with Gasteiger partial charge in [0.2, 0.25) is 0 Å². The molecular weight excluding hydrogens is 238 g/mol. The van der Waals surface area contributed by atoms with E-state index in [0.29, 0.717) is 0 Å². The molecule has 0 bridgehead atoms. The molecule has 3 unspecified atom stereocenters. The van der Waals surface area contributed by atoms with Gasteiger partial charge in [-0.25, -0.2) is 5.53 Å². The van der Waals surface area contributed by atoms with Crippen LogP contribution in [-0.4, -0.2) is 23.3 Å². The minimum absolute atomic E-state index is 0.0520. The number of hydrogen-bond acceptors (Lipinski definition) is 4. The standard InChI is InChI=1S/C15H23N3O/c16-18-15-8-4-7-13(19)9-10-14(15)17-11-12-5-2-1-3-6-12/h1-3,5-6,13-17,19H,4,7-11H2. The number of aliphatic hydroxyl groups excluding tert-OH is 1. The smallest absolute Gasteiger partial charge is 0.0858 e. The molecule has 4 nitrogen and oxygen atoms in total. The molecule has 2 rings (SSSR count). The molecule has 1 aliphatic carbocycles. The van der Waals surface area contributed by atoms with Crippen molar-refractivity contribution in [3.05, 3.63) is 35.9 Å². The summed E-state index contributed by atoms with van der Waals surface area (Å²) in [6.45, 7) is 0.799. The summed E-state index contributed by atoms with van der Waals surface area (Å²) >= 11 is 0. The molecule has 1 aromatic carbocycles. The van der Waals surface area contributed by atoms with Gasteiger partial charge in [-0.05, 0) is 37.7 Å². The van der Waals surface area contributed by atoms with Gasteiger partial charge in [-0.15, -0.1) is 0 Å². The molecule has 1 fully saturated rings. The first kappa shape index (κ1) is 14.2. The topological polar surface area (TPSA) is 68.5 Å². The Morgan fingerprint density at radius 2 is 1.95 bits per heavy atom. The molecule has 19 heavy (non-hydrogen) atoms. The van der Waals surface area contributed by atoms with Crippen LogP contribution in [0.25, 0.3) is 0 Å². The van der Waals surface area contributed by atoms with Gasteiger partial charge in [0.1, 0.15) is 0 Å². The van der Waals surface area contributed by atoms with Crippen molar-refractivity contribution in [1.82, 2.24) is 5.32 Å². The van der Waals surface area contributed by atoms with Crippen LogP contribution in [0.5, 0.6) is 0 Å². The Morgan fingerprint density at radius 3 is 2.68 bits per heavy atom. The normalized spacial score (nSPS) is 28.4. The molecule has 0 radical (unpaired) electrons. The number of benzene rings is 1. The SMILES string of the molecule is N=NC1CCCC(O)CCC1NCc1ccccc1. The van der Waals surface area contributed by atoms with Gasteiger partial charge in [-0.2, -0.15) is 5.11 Å². The van der Waals surface area contributed by atoms with Crippen LogP contribution in [0.1, 0.15) is 37.7 Å². The molecule has 1 aliphatic rings. The lowest BCUT2D eigenvalue weighted by Crippen LogP contribution is -2.40. The van der Waals surface area contributed by atoms with E-state index in [1.807, 2.05) is 18.2 Å². The maximum Gasteiger partial charge on any atom is 0.0858 e. The first-order valence-corrected chi connectivity index (χ1v) is 7.11. The Kier molecular flexibility index (Phi) is 5.48. The summed E-state index contributed by atoms with van der Waals surface area (Å²) < 4.78 is 0. The molecule has 4 heteroatoms. The van der Waals surface area contributed by atoms with Crippen molar-refractivity contribution in [3.63, 3.8) is 0 Å². The van der Waals surface area contributed by atoms with Gasteiger partial charge >= 0.3 is 0 Å². The van der Waals surface area contributed by atoms with Crippen LogP contribution >= 0.6 is 0 Å². The Hall–Kier alpha value is -1.26. The first-order chi connectivity index (χ1) is 9.29. The summed E-state index contributed by atoms with van der Waals surface area (Å²) in [6.07, 6.45) is 4.20. The Labute approximate surface area is 114 Å². The van der Waals surface area contributed by atoms with Gasteiger partial charge in [-0.3, -0.25) is 0 Å². The summed E-state index contributed by atoms with van der Waals surface area (Å²) in [5.74, 6) is 0. The van der Waals surface area contributed by atoms with E-state index >= 15 is 0 Å². The number of hydrogen-bond donors (Lipinski definition) is 3. The van der Waals surface area contributed by atoms with Crippen LogP contribution in [0.2, 0.25) is 0 Å². The Morgan fingerprint density at radius 1 is 1.16 bits per heavy atom. The Balaban J connectivity index is 1.92. The third-order valence-electron chi connectivity index (χ3n) is 3.89. The fourth-order valence-electron chi connectivity index (χ4n) is 2.71. The quantitative estimate of drug-likeness (QED) is 0.729. The maximum absolute atomic E-state index is 9.77. The highest BCUT2D eigenvalue weighted by molar-refractivity contribution is 5.14. The van der Waals surface area contributed by atoms with E-state index in [1.54, 1.807) is 0 Å². The summed E-state index contributed by atoms with van der Waals surface area (Å²) in [6, 6.07) is 10.5. The molecule has 0 heterocycles. The second-order valence-corrected chi connectivity index (χ2v) is 5.33. The van der Waals surface area contributed by atoms with E-state index < -0.39 is 0 Å². The van der Waals surface area contributed by atoms with Gasteiger partial charge in [0, 0.05) is 12.6 Å². The molecular formula is C15H23N3O. The molecule has 1 aromatic rings. The number of nitrogens with one attached hydrogen (secondary N) is 2. The van der Waals surface area contributed by atoms with E-state index in [4.69, 9.17) is 5.53 Å². The molecule has 3 N–H and O–H groups in total. The molecule has 0 saturated heterocycles. The van der Waals surface area contributed by atoms with Crippen LogP contribution < -0.4 is 5.32 Å². The van der Waals surface area contributed by atoms with Crippen molar-refractivity contribution in [1.29, 1.82) is 5.53 Å². The van der Waals surface area contributed by atoms with Crippen molar-refractivity contribution in [2.24, 2.45) is 5.11 Å². The average Bonchev–Trinajstić information content (AvgIpc) is 2.43. The summed E-state index contributed by atoms with van der Waals surface area (Å²) in [4.78, 5) is 0. The summed E-state index contributed by atoms with van der Waals surface area (Å²) in [5.41, 5.74) is 8.60. The van der Waals surface area contributed by atoms with Crippen molar-refractivity contribution < 1.29 is 5.11 Å². The summed E-state index contributed by atoms with van der Waals surface area (Å²) in [7, 11) is 0. The number of rotatable bonds is 4. The van der Waals surface area contributed by atoms with Crippen molar-refractivity contribution in [3.8, 4) is 0 Å². The van der Waals surface area contributed by atoms with Crippen LogP contribution in [0.4, 0.5) is 0 Å². The second kappa shape index (κ2) is 7.36. The highest BCUT2D eigenvalue weighted by Gasteiger charge is 2.24. The zero-order chi connectivity index (χ0) is 13.5. The van der Waals surface area contributed by atoms with Crippen LogP contribution in [0.3, 0.4) is 0 Å². The zero-order valence-corrected chi connectivity index (χ0v) is 11.3. The largest absolute Gasteiger partial charge is 0.393 e. The fourth-order valence-corrected chi connectivity index (χ4v) is 2.71. The van der Waals surface area contributed by atoms with Crippen LogP contribution in [-0.2, 0) is 6.54 Å². The van der Waals surface area contributed by atoms with Crippen LogP contribution in [0.15, 0.2) is 35.4 Å². The van der Waals surface area contributed by atoms with Crippen molar-refractivity contribution in [2.75, 3.05) is 0 Å². The molecule has 3 atom stereocenters. The third kappa shape index (κ3) is 4.40. The molecule has 104 valence electrons. The predicted molar refractivity (Wildman–Crippen MR) is 75.1 cm³/mol. The average molecular weight is 261 g/mol. The third-order valence-corrected chi connectivity index (χ3v) is 3.89. The van der Waals surface area contributed by atoms with Gasteiger partial charge in [0.15, 0.2) is 0 Å². The highest BCUT2D eigenvalue weighted by Crippen LogP contribution is 2.21. The van der Waals surface area contributed by atoms with Gasteiger partial charge in [0.25, 0.3) is 0 Å².